The monoisotopic (exact) mass is 193 g/mol. The van der Waals surface area contributed by atoms with Crippen LogP contribution in [0.2, 0.25) is 5.02 Å². The maximum absolute atomic E-state index is 5.97. The molecule has 0 atom stereocenters. The van der Waals surface area contributed by atoms with Gasteiger partial charge in [-0.05, 0) is 12.1 Å². The van der Waals surface area contributed by atoms with Crippen LogP contribution in [-0.2, 0) is 0 Å². The van der Waals surface area contributed by atoms with Gasteiger partial charge in [-0.3, -0.25) is 0 Å². The van der Waals surface area contributed by atoms with Crippen molar-refractivity contribution in [2.45, 2.75) is 0 Å². The van der Waals surface area contributed by atoms with E-state index in [2.05, 4.69) is 15.3 Å². The van der Waals surface area contributed by atoms with Crippen molar-refractivity contribution in [3.63, 3.8) is 0 Å². The standard InChI is InChI=1S/C9H8ClN3/c1-11-9-6-3-2-4-7(10)8(6)12-5-13-9/h2-5H,1H3,(H,11,12,13). The van der Waals surface area contributed by atoms with Crippen molar-refractivity contribution >= 4 is 28.3 Å². The highest BCUT2D eigenvalue weighted by molar-refractivity contribution is 6.35. The maximum atomic E-state index is 5.97. The van der Waals surface area contributed by atoms with E-state index < -0.39 is 0 Å². The number of fused-ring (bicyclic) bond motifs is 1. The van der Waals surface area contributed by atoms with E-state index in [1.807, 2.05) is 25.2 Å². The van der Waals surface area contributed by atoms with Gasteiger partial charge in [0.2, 0.25) is 0 Å². The molecule has 3 nitrogen and oxygen atoms in total. The lowest BCUT2D eigenvalue weighted by Crippen LogP contribution is -1.94. The highest BCUT2D eigenvalue weighted by Crippen LogP contribution is 2.24. The minimum atomic E-state index is 0.649. The zero-order valence-corrected chi connectivity index (χ0v) is 7.84. The fraction of sp³-hybridized carbons (Fsp3) is 0.111. The van der Waals surface area contributed by atoms with Gasteiger partial charge in [0, 0.05) is 12.4 Å². The highest BCUT2D eigenvalue weighted by atomic mass is 35.5. The number of anilines is 1. The molecule has 0 saturated carbocycles. The number of benzene rings is 1. The number of hydrogen-bond acceptors (Lipinski definition) is 3. The first kappa shape index (κ1) is 8.26. The van der Waals surface area contributed by atoms with Gasteiger partial charge in [-0.1, -0.05) is 17.7 Å². The summed E-state index contributed by atoms with van der Waals surface area (Å²) in [6.45, 7) is 0. The molecule has 0 amide bonds. The molecule has 0 spiro atoms. The molecule has 1 N–H and O–H groups in total. The van der Waals surface area contributed by atoms with Gasteiger partial charge in [-0.15, -0.1) is 0 Å². The van der Waals surface area contributed by atoms with Gasteiger partial charge in [0.15, 0.2) is 0 Å². The van der Waals surface area contributed by atoms with Crippen molar-refractivity contribution in [1.29, 1.82) is 0 Å². The Morgan fingerprint density at radius 1 is 1.31 bits per heavy atom. The Morgan fingerprint density at radius 3 is 2.92 bits per heavy atom. The van der Waals surface area contributed by atoms with E-state index in [0.717, 1.165) is 16.7 Å². The van der Waals surface area contributed by atoms with Gasteiger partial charge < -0.3 is 5.32 Å². The van der Waals surface area contributed by atoms with Crippen LogP contribution >= 0.6 is 11.6 Å². The molecule has 0 aliphatic rings. The normalized spacial score (nSPS) is 10.3. The van der Waals surface area contributed by atoms with Crippen LogP contribution in [0.5, 0.6) is 0 Å². The molecule has 2 rings (SSSR count). The molecule has 1 aromatic heterocycles. The Balaban J connectivity index is 2.84. The quantitative estimate of drug-likeness (QED) is 0.756. The molecule has 4 heteroatoms. The third-order valence-corrected chi connectivity index (χ3v) is 2.16. The number of halogens is 1. The summed E-state index contributed by atoms with van der Waals surface area (Å²) in [4.78, 5) is 8.19. The molecule has 0 aliphatic heterocycles. The van der Waals surface area contributed by atoms with Crippen molar-refractivity contribution in [1.82, 2.24) is 9.97 Å². The van der Waals surface area contributed by atoms with E-state index in [1.165, 1.54) is 6.33 Å². The average Bonchev–Trinajstić information content (AvgIpc) is 2.18. The average molecular weight is 194 g/mol. The smallest absolute Gasteiger partial charge is 0.137 e. The molecule has 0 fully saturated rings. The van der Waals surface area contributed by atoms with Crippen LogP contribution in [0.15, 0.2) is 24.5 Å². The minimum Gasteiger partial charge on any atom is -0.373 e. The maximum Gasteiger partial charge on any atom is 0.137 e. The topological polar surface area (TPSA) is 37.8 Å². The molecule has 1 heterocycles. The molecule has 1 aromatic carbocycles. The number of rotatable bonds is 1. The van der Waals surface area contributed by atoms with Gasteiger partial charge in [-0.25, -0.2) is 9.97 Å². The molecule has 0 aliphatic carbocycles. The van der Waals surface area contributed by atoms with Crippen molar-refractivity contribution in [2.75, 3.05) is 12.4 Å². The van der Waals surface area contributed by atoms with Crippen LogP contribution in [0, 0.1) is 0 Å². The Kier molecular flexibility index (Phi) is 2.02. The van der Waals surface area contributed by atoms with E-state index in [-0.39, 0.29) is 0 Å². The first-order valence-corrected chi connectivity index (χ1v) is 4.27. The summed E-state index contributed by atoms with van der Waals surface area (Å²) in [5, 5.41) is 4.58. The first-order valence-electron chi connectivity index (χ1n) is 3.90. The number of nitrogens with one attached hydrogen (secondary N) is 1. The Bertz CT molecular complexity index is 442. The van der Waals surface area contributed by atoms with Crippen LogP contribution in [-0.4, -0.2) is 17.0 Å². The zero-order valence-electron chi connectivity index (χ0n) is 7.08. The lowest BCUT2D eigenvalue weighted by molar-refractivity contribution is 1.21. The third-order valence-electron chi connectivity index (χ3n) is 1.85. The SMILES string of the molecule is CNc1ncnc2c(Cl)cccc12. The number of para-hydroxylation sites is 1. The summed E-state index contributed by atoms with van der Waals surface area (Å²) in [6.07, 6.45) is 1.50. The predicted octanol–water partition coefficient (Wildman–Crippen LogP) is 2.32. The van der Waals surface area contributed by atoms with Crippen LogP contribution in [0.25, 0.3) is 10.9 Å². The second kappa shape index (κ2) is 3.18. The largest absolute Gasteiger partial charge is 0.373 e. The van der Waals surface area contributed by atoms with Crippen LogP contribution in [0.3, 0.4) is 0 Å². The molecule has 0 radical (unpaired) electrons. The lowest BCUT2D eigenvalue weighted by atomic mass is 10.2. The van der Waals surface area contributed by atoms with E-state index in [9.17, 15) is 0 Å². The lowest BCUT2D eigenvalue weighted by Gasteiger charge is -2.03. The van der Waals surface area contributed by atoms with Crippen LogP contribution in [0.1, 0.15) is 0 Å². The van der Waals surface area contributed by atoms with E-state index in [1.54, 1.807) is 0 Å². The predicted molar refractivity (Wildman–Crippen MR) is 54.1 cm³/mol. The molecule has 0 bridgehead atoms. The molecule has 2 aromatic rings. The summed E-state index contributed by atoms with van der Waals surface area (Å²) in [6, 6.07) is 5.64. The van der Waals surface area contributed by atoms with Crippen molar-refractivity contribution < 1.29 is 0 Å². The summed E-state index contributed by atoms with van der Waals surface area (Å²) in [7, 11) is 1.82. The fourth-order valence-electron chi connectivity index (χ4n) is 1.25. The fourth-order valence-corrected chi connectivity index (χ4v) is 1.47. The van der Waals surface area contributed by atoms with Crippen molar-refractivity contribution in [3.8, 4) is 0 Å². The van der Waals surface area contributed by atoms with Crippen molar-refractivity contribution in [2.24, 2.45) is 0 Å². The Labute approximate surface area is 80.8 Å². The first-order chi connectivity index (χ1) is 6.33. The van der Waals surface area contributed by atoms with Crippen LogP contribution < -0.4 is 5.32 Å². The summed E-state index contributed by atoms with van der Waals surface area (Å²) in [5.41, 5.74) is 0.781. The van der Waals surface area contributed by atoms with Crippen LogP contribution in [0.4, 0.5) is 5.82 Å². The van der Waals surface area contributed by atoms with E-state index in [0.29, 0.717) is 5.02 Å². The summed E-state index contributed by atoms with van der Waals surface area (Å²) < 4.78 is 0. The molecular weight excluding hydrogens is 186 g/mol. The zero-order chi connectivity index (χ0) is 9.26. The molecule has 66 valence electrons. The second-order valence-electron chi connectivity index (χ2n) is 2.61. The minimum absolute atomic E-state index is 0.649. The van der Waals surface area contributed by atoms with E-state index >= 15 is 0 Å². The highest BCUT2D eigenvalue weighted by Gasteiger charge is 2.03. The molecule has 13 heavy (non-hydrogen) atoms. The summed E-state index contributed by atoms with van der Waals surface area (Å²) >= 11 is 5.97. The summed E-state index contributed by atoms with van der Waals surface area (Å²) in [5.74, 6) is 0.799. The Morgan fingerprint density at radius 2 is 2.15 bits per heavy atom. The van der Waals surface area contributed by atoms with Gasteiger partial charge in [-0.2, -0.15) is 0 Å². The number of nitrogens with zero attached hydrogens (tertiary/aromatic N) is 2. The molecular formula is C9H8ClN3. The number of hydrogen-bond donors (Lipinski definition) is 1. The van der Waals surface area contributed by atoms with Gasteiger partial charge in [0.1, 0.15) is 12.1 Å². The van der Waals surface area contributed by atoms with Gasteiger partial charge in [0.25, 0.3) is 0 Å². The molecule has 0 unspecified atom stereocenters. The van der Waals surface area contributed by atoms with Gasteiger partial charge >= 0.3 is 0 Å². The van der Waals surface area contributed by atoms with E-state index in [4.69, 9.17) is 11.6 Å². The van der Waals surface area contributed by atoms with Gasteiger partial charge in [0.05, 0.1) is 10.5 Å². The second-order valence-corrected chi connectivity index (χ2v) is 3.02. The number of aromatic nitrogens is 2. The third kappa shape index (κ3) is 1.31. The Hall–Kier alpha value is -1.35. The van der Waals surface area contributed by atoms with Crippen molar-refractivity contribution in [3.05, 3.63) is 29.5 Å². The molecule has 0 saturated heterocycles.